The van der Waals surface area contributed by atoms with Gasteiger partial charge in [-0.05, 0) is 24.2 Å². The van der Waals surface area contributed by atoms with Crippen molar-refractivity contribution in [3.05, 3.63) is 0 Å². The molecule has 4 nitrogen and oxygen atoms in total. The average Bonchev–Trinajstić information content (AvgIpc) is 1.63. The van der Waals surface area contributed by atoms with Crippen molar-refractivity contribution in [2.45, 2.75) is 6.42 Å². The standard InChI is InChI=1S/C3H9NO3S2.Na/c4-2-1-3-7-9(5,6)8;/h1-4H2,(H,5,6,8);/q;+1/p-1. The van der Waals surface area contributed by atoms with Crippen molar-refractivity contribution in [3.8, 4) is 0 Å². The van der Waals surface area contributed by atoms with E-state index in [2.05, 4.69) is 15.4 Å². The van der Waals surface area contributed by atoms with E-state index in [9.17, 15) is 8.76 Å². The van der Waals surface area contributed by atoms with E-state index in [1.54, 1.807) is 0 Å². The van der Waals surface area contributed by atoms with Crippen molar-refractivity contribution in [2.24, 2.45) is 5.73 Å². The molecule has 0 spiro atoms. The first-order valence-corrected chi connectivity index (χ1v) is 4.70. The van der Waals surface area contributed by atoms with Crippen molar-refractivity contribution in [3.63, 3.8) is 0 Å². The second-order valence-corrected chi connectivity index (χ2v) is 3.65. The van der Waals surface area contributed by atoms with Gasteiger partial charge in [-0.1, -0.05) is 0 Å². The third-order valence-corrected chi connectivity index (χ3v) is 1.32. The largest absolute Gasteiger partial charge is 1.00 e. The molecule has 0 saturated heterocycles. The Morgan fingerprint density at radius 2 is 2.20 bits per heavy atom. The van der Waals surface area contributed by atoms with Gasteiger partial charge >= 0.3 is 29.6 Å². The summed E-state index contributed by atoms with van der Waals surface area (Å²) >= 11 is 3.91. The van der Waals surface area contributed by atoms with E-state index in [4.69, 9.17) is 5.73 Å². The zero-order valence-electron chi connectivity index (χ0n) is 5.74. The molecule has 0 aliphatic rings. The smallest absolute Gasteiger partial charge is 0.748 e. The van der Waals surface area contributed by atoms with Gasteiger partial charge in [0.25, 0.3) is 0 Å². The van der Waals surface area contributed by atoms with Gasteiger partial charge in [-0.2, -0.15) is 0 Å². The number of rotatable bonds is 4. The Balaban J connectivity index is 0. The molecular weight excluding hydrogens is 185 g/mol. The van der Waals surface area contributed by atoms with E-state index in [-0.39, 0.29) is 36.2 Å². The van der Waals surface area contributed by atoms with Gasteiger partial charge in [0.15, 0.2) is 0 Å². The van der Waals surface area contributed by atoms with Crippen molar-refractivity contribution in [1.29, 1.82) is 0 Å². The summed E-state index contributed by atoms with van der Waals surface area (Å²) in [5, 5.41) is 0. The van der Waals surface area contributed by atoms with Crippen LogP contribution in [-0.2, 0) is 24.4 Å². The van der Waals surface area contributed by atoms with Gasteiger partial charge < -0.3 is 10.3 Å². The fraction of sp³-hybridized carbons (Fsp3) is 1.00. The first kappa shape index (κ1) is 13.8. The molecular formula is C3H8NNaO3S2. The molecule has 0 aliphatic heterocycles. The first-order valence-electron chi connectivity index (χ1n) is 2.36. The molecule has 7 heteroatoms. The molecule has 0 bridgehead atoms. The summed E-state index contributed by atoms with van der Waals surface area (Å²) in [5.74, 6) is 0. The van der Waals surface area contributed by atoms with E-state index in [0.29, 0.717) is 13.0 Å². The minimum Gasteiger partial charge on any atom is -0.748 e. The van der Waals surface area contributed by atoms with Crippen molar-refractivity contribution in [1.82, 2.24) is 0 Å². The van der Waals surface area contributed by atoms with Gasteiger partial charge in [0.1, 0.15) is 0 Å². The molecule has 0 rings (SSSR count). The van der Waals surface area contributed by atoms with Crippen molar-refractivity contribution < 1.29 is 42.5 Å². The molecule has 0 radical (unpaired) electrons. The Morgan fingerprint density at radius 1 is 1.70 bits per heavy atom. The summed E-state index contributed by atoms with van der Waals surface area (Å²) in [5.41, 5.74) is 5.05. The SMILES string of the molecule is NCCCOS(=O)([O-])=S.[Na+]. The molecule has 0 saturated carbocycles. The predicted octanol–water partition coefficient (Wildman–Crippen LogP) is -3.85. The Hall–Kier alpha value is 1.25. The number of nitrogens with two attached hydrogens (primary N) is 1. The molecule has 0 heterocycles. The molecule has 1 atom stereocenters. The Labute approximate surface area is 87.5 Å². The third kappa shape index (κ3) is 12.0. The number of hydrogen-bond donors (Lipinski definition) is 1. The molecule has 56 valence electrons. The summed E-state index contributed by atoms with van der Waals surface area (Å²) in [6, 6.07) is 0. The van der Waals surface area contributed by atoms with E-state index < -0.39 is 9.05 Å². The first-order chi connectivity index (χ1) is 4.06. The summed E-state index contributed by atoms with van der Waals surface area (Å²) in [6.07, 6.45) is 0.510. The Kier molecular flexibility index (Phi) is 9.57. The average molecular weight is 193 g/mol. The van der Waals surface area contributed by atoms with Crippen LogP contribution < -0.4 is 35.3 Å². The maximum absolute atomic E-state index is 10.1. The summed E-state index contributed by atoms with van der Waals surface area (Å²) in [4.78, 5) is 0. The minimum absolute atomic E-state index is 0. The molecule has 0 aromatic heterocycles. The fourth-order valence-corrected chi connectivity index (χ4v) is 0.770. The molecule has 2 N–H and O–H groups in total. The summed E-state index contributed by atoms with van der Waals surface area (Å²) in [6.45, 7) is 0.493. The quantitative estimate of drug-likeness (QED) is 0.365. The van der Waals surface area contributed by atoms with Crippen LogP contribution in [0.3, 0.4) is 0 Å². The van der Waals surface area contributed by atoms with E-state index in [1.165, 1.54) is 0 Å². The molecule has 10 heavy (non-hydrogen) atoms. The normalized spacial score (nSPS) is 15.4. The maximum atomic E-state index is 10.1. The van der Waals surface area contributed by atoms with Crippen LogP contribution in [0.5, 0.6) is 0 Å². The van der Waals surface area contributed by atoms with Crippen LogP contribution in [0.4, 0.5) is 0 Å². The molecule has 0 aliphatic carbocycles. The molecule has 0 fully saturated rings. The molecule has 0 aromatic carbocycles. The van der Waals surface area contributed by atoms with Crippen LogP contribution in [0.2, 0.25) is 0 Å². The maximum Gasteiger partial charge on any atom is 1.00 e. The minimum atomic E-state index is -3.67. The monoisotopic (exact) mass is 193 g/mol. The van der Waals surface area contributed by atoms with Gasteiger partial charge in [0.05, 0.1) is 15.7 Å². The van der Waals surface area contributed by atoms with E-state index in [0.717, 1.165) is 0 Å². The zero-order chi connectivity index (χ0) is 7.33. The second kappa shape index (κ2) is 6.93. The van der Waals surface area contributed by atoms with E-state index >= 15 is 0 Å². The van der Waals surface area contributed by atoms with Crippen LogP contribution >= 0.6 is 0 Å². The molecule has 0 aromatic rings. The van der Waals surface area contributed by atoms with Gasteiger partial charge in [-0.25, -0.2) is 4.21 Å². The second-order valence-electron chi connectivity index (χ2n) is 1.37. The molecule has 1 unspecified atom stereocenters. The van der Waals surface area contributed by atoms with Crippen LogP contribution in [0.1, 0.15) is 6.42 Å². The van der Waals surface area contributed by atoms with Crippen LogP contribution in [-0.4, -0.2) is 21.9 Å². The van der Waals surface area contributed by atoms with Gasteiger partial charge in [0.2, 0.25) is 0 Å². The van der Waals surface area contributed by atoms with Gasteiger partial charge in [-0.3, -0.25) is 4.18 Å². The fourth-order valence-electron chi connectivity index (χ4n) is 0.244. The zero-order valence-corrected chi connectivity index (χ0v) is 9.37. The van der Waals surface area contributed by atoms with Gasteiger partial charge in [-0.15, -0.1) is 0 Å². The van der Waals surface area contributed by atoms with Crippen LogP contribution in [0.15, 0.2) is 0 Å². The third-order valence-electron chi connectivity index (χ3n) is 0.576. The van der Waals surface area contributed by atoms with Crippen LogP contribution in [0, 0.1) is 0 Å². The topological polar surface area (TPSA) is 75.4 Å². The summed E-state index contributed by atoms with van der Waals surface area (Å²) < 4.78 is 24.3. The van der Waals surface area contributed by atoms with E-state index in [1.807, 2.05) is 0 Å². The predicted molar refractivity (Wildman–Crippen MR) is 35.9 cm³/mol. The van der Waals surface area contributed by atoms with Crippen LogP contribution in [0.25, 0.3) is 0 Å². The van der Waals surface area contributed by atoms with Crippen molar-refractivity contribution >= 4 is 20.2 Å². The number of hydrogen-bond acceptors (Lipinski definition) is 5. The Morgan fingerprint density at radius 3 is 2.50 bits per heavy atom. The van der Waals surface area contributed by atoms with Crippen molar-refractivity contribution in [2.75, 3.05) is 13.2 Å². The summed E-state index contributed by atoms with van der Waals surface area (Å²) in [7, 11) is -3.67. The molecule has 0 amide bonds. The Bertz CT molecular complexity index is 157. The van der Waals surface area contributed by atoms with Gasteiger partial charge in [0, 0.05) is 0 Å².